The van der Waals surface area contributed by atoms with Crippen molar-refractivity contribution in [3.63, 3.8) is 0 Å². The van der Waals surface area contributed by atoms with E-state index in [4.69, 9.17) is 0 Å². The molecule has 1 nitrogen and oxygen atoms in total. The molecule has 1 N–H and O–H groups in total. The van der Waals surface area contributed by atoms with Crippen LogP contribution in [0.5, 0.6) is 0 Å². The van der Waals surface area contributed by atoms with Crippen LogP contribution >= 0.6 is 0 Å². The van der Waals surface area contributed by atoms with Crippen molar-refractivity contribution in [3.05, 3.63) is 12.2 Å². The molecule has 2 saturated carbocycles. The van der Waals surface area contributed by atoms with E-state index >= 15 is 0 Å². The minimum absolute atomic E-state index is 0.705. The van der Waals surface area contributed by atoms with Gasteiger partial charge in [0.25, 0.3) is 0 Å². The molecule has 4 unspecified atom stereocenters. The molecule has 0 aromatic rings. The van der Waals surface area contributed by atoms with E-state index in [1.54, 1.807) is 0 Å². The average molecular weight is 233 g/mol. The lowest BCUT2D eigenvalue weighted by atomic mass is 9.87. The highest BCUT2D eigenvalue weighted by molar-refractivity contribution is 5.11. The van der Waals surface area contributed by atoms with E-state index in [2.05, 4.69) is 31.3 Å². The number of nitrogens with one attached hydrogen (secondary N) is 1. The van der Waals surface area contributed by atoms with Gasteiger partial charge in [0, 0.05) is 12.6 Å². The summed E-state index contributed by atoms with van der Waals surface area (Å²) in [4.78, 5) is 0. The van der Waals surface area contributed by atoms with Crippen molar-refractivity contribution < 1.29 is 0 Å². The van der Waals surface area contributed by atoms with E-state index in [-0.39, 0.29) is 0 Å². The summed E-state index contributed by atoms with van der Waals surface area (Å²) < 4.78 is 0. The Bertz CT molecular complexity index is 303. The van der Waals surface area contributed by atoms with Crippen molar-refractivity contribution in [2.45, 2.75) is 58.4 Å². The van der Waals surface area contributed by atoms with Gasteiger partial charge in [0.05, 0.1) is 0 Å². The fraction of sp³-hybridized carbons (Fsp3) is 0.875. The molecule has 0 amide bonds. The number of rotatable bonds is 6. The first kappa shape index (κ1) is 11.8. The average Bonchev–Trinajstić information content (AvgIpc) is 2.79. The van der Waals surface area contributed by atoms with Gasteiger partial charge < -0.3 is 5.32 Å². The van der Waals surface area contributed by atoms with Crippen molar-refractivity contribution in [2.24, 2.45) is 23.2 Å². The lowest BCUT2D eigenvalue weighted by Crippen LogP contribution is -2.38. The highest BCUT2D eigenvalue weighted by Crippen LogP contribution is 2.49. The summed E-state index contributed by atoms with van der Waals surface area (Å²) in [5, 5.41) is 3.86. The third kappa shape index (κ3) is 2.31. The van der Waals surface area contributed by atoms with Gasteiger partial charge in [-0.2, -0.15) is 0 Å². The Hall–Kier alpha value is -0.300. The van der Waals surface area contributed by atoms with Crippen LogP contribution in [0.2, 0.25) is 0 Å². The molecule has 0 saturated heterocycles. The van der Waals surface area contributed by atoms with Crippen LogP contribution in [0.4, 0.5) is 0 Å². The van der Waals surface area contributed by atoms with Crippen molar-refractivity contribution in [1.82, 2.24) is 5.32 Å². The van der Waals surface area contributed by atoms with E-state index < -0.39 is 0 Å². The Kier molecular flexibility index (Phi) is 3.06. The lowest BCUT2D eigenvalue weighted by Gasteiger charge is -2.28. The standard InChI is InChI=1S/C16H27N/c1-3-6-16(7-8-16)11-17-12(2)15-10-13-4-5-14(15)9-13/h4-5,12-15,17H,3,6-11H2,1-2H3. The quantitative estimate of drug-likeness (QED) is 0.689. The fourth-order valence-corrected chi connectivity index (χ4v) is 4.15. The molecule has 0 aromatic carbocycles. The second kappa shape index (κ2) is 4.42. The van der Waals surface area contributed by atoms with Crippen LogP contribution in [0.3, 0.4) is 0 Å². The van der Waals surface area contributed by atoms with E-state index in [1.807, 2.05) is 0 Å². The van der Waals surface area contributed by atoms with Crippen LogP contribution in [-0.4, -0.2) is 12.6 Å². The van der Waals surface area contributed by atoms with Crippen molar-refractivity contribution in [3.8, 4) is 0 Å². The predicted octanol–water partition coefficient (Wildman–Crippen LogP) is 3.76. The summed E-state index contributed by atoms with van der Waals surface area (Å²) >= 11 is 0. The summed E-state index contributed by atoms with van der Waals surface area (Å²) in [5.74, 6) is 2.73. The van der Waals surface area contributed by atoms with Crippen LogP contribution in [0.1, 0.15) is 52.4 Å². The van der Waals surface area contributed by atoms with Crippen LogP contribution in [0.25, 0.3) is 0 Å². The predicted molar refractivity (Wildman–Crippen MR) is 72.9 cm³/mol. The number of allylic oxidation sites excluding steroid dienone is 2. The molecule has 3 rings (SSSR count). The Balaban J connectivity index is 1.48. The zero-order valence-electron chi connectivity index (χ0n) is 11.4. The zero-order chi connectivity index (χ0) is 11.9. The summed E-state index contributed by atoms with van der Waals surface area (Å²) in [5.41, 5.74) is 0.705. The van der Waals surface area contributed by atoms with E-state index in [9.17, 15) is 0 Å². The second-order valence-electron chi connectivity index (χ2n) is 6.86. The Morgan fingerprint density at radius 1 is 1.29 bits per heavy atom. The van der Waals surface area contributed by atoms with Crippen molar-refractivity contribution in [1.29, 1.82) is 0 Å². The molecular weight excluding hydrogens is 206 g/mol. The maximum atomic E-state index is 3.86. The number of hydrogen-bond donors (Lipinski definition) is 1. The number of fused-ring (bicyclic) bond motifs is 2. The first-order chi connectivity index (χ1) is 8.22. The third-order valence-electron chi connectivity index (χ3n) is 5.51. The normalized spacial score (nSPS) is 38.6. The number of hydrogen-bond acceptors (Lipinski definition) is 1. The van der Waals surface area contributed by atoms with Crippen LogP contribution < -0.4 is 5.32 Å². The van der Waals surface area contributed by atoms with Gasteiger partial charge in [0.15, 0.2) is 0 Å². The second-order valence-corrected chi connectivity index (χ2v) is 6.86. The molecule has 17 heavy (non-hydrogen) atoms. The molecule has 0 aromatic heterocycles. The molecule has 0 spiro atoms. The zero-order valence-corrected chi connectivity index (χ0v) is 11.4. The van der Waals surface area contributed by atoms with Crippen LogP contribution in [-0.2, 0) is 0 Å². The molecule has 0 heterocycles. The van der Waals surface area contributed by atoms with E-state index in [1.165, 1.54) is 45.1 Å². The van der Waals surface area contributed by atoms with Gasteiger partial charge in [-0.25, -0.2) is 0 Å². The first-order valence-corrected chi connectivity index (χ1v) is 7.64. The Labute approximate surface area is 106 Å². The largest absolute Gasteiger partial charge is 0.313 e. The highest BCUT2D eigenvalue weighted by atomic mass is 14.9. The van der Waals surface area contributed by atoms with E-state index in [0.29, 0.717) is 5.41 Å². The van der Waals surface area contributed by atoms with Crippen molar-refractivity contribution in [2.75, 3.05) is 6.54 Å². The Morgan fingerprint density at radius 2 is 2.12 bits per heavy atom. The molecule has 3 aliphatic carbocycles. The summed E-state index contributed by atoms with van der Waals surface area (Å²) in [7, 11) is 0. The molecule has 0 radical (unpaired) electrons. The maximum Gasteiger partial charge on any atom is 0.00730 e. The van der Waals surface area contributed by atoms with Gasteiger partial charge in [-0.15, -0.1) is 0 Å². The highest BCUT2D eigenvalue weighted by Gasteiger charge is 2.43. The molecule has 96 valence electrons. The van der Waals surface area contributed by atoms with Gasteiger partial charge in [-0.05, 0) is 62.2 Å². The third-order valence-corrected chi connectivity index (χ3v) is 5.51. The van der Waals surface area contributed by atoms with Gasteiger partial charge in [0.1, 0.15) is 0 Å². The van der Waals surface area contributed by atoms with Crippen molar-refractivity contribution >= 4 is 0 Å². The summed E-state index contributed by atoms with van der Waals surface area (Å²) in [6, 6.07) is 0.726. The van der Waals surface area contributed by atoms with Crippen LogP contribution in [0.15, 0.2) is 12.2 Å². The fourth-order valence-electron chi connectivity index (χ4n) is 4.15. The molecule has 1 heteroatoms. The van der Waals surface area contributed by atoms with Gasteiger partial charge in [0.2, 0.25) is 0 Å². The van der Waals surface area contributed by atoms with Gasteiger partial charge in [-0.3, -0.25) is 0 Å². The lowest BCUT2D eigenvalue weighted by molar-refractivity contribution is 0.298. The molecule has 3 aliphatic rings. The minimum Gasteiger partial charge on any atom is -0.313 e. The smallest absolute Gasteiger partial charge is 0.00730 e. The summed E-state index contributed by atoms with van der Waals surface area (Å²) in [6.45, 7) is 6.02. The SMILES string of the molecule is CCCC1(CNC(C)C2CC3C=CC2C3)CC1. The van der Waals surface area contributed by atoms with Crippen LogP contribution in [0, 0.1) is 23.2 Å². The summed E-state index contributed by atoms with van der Waals surface area (Å²) in [6.07, 6.45) is 13.5. The molecule has 2 bridgehead atoms. The van der Waals surface area contributed by atoms with Gasteiger partial charge in [-0.1, -0.05) is 25.5 Å². The molecular formula is C16H27N. The van der Waals surface area contributed by atoms with Gasteiger partial charge >= 0.3 is 0 Å². The first-order valence-electron chi connectivity index (χ1n) is 7.64. The maximum absolute atomic E-state index is 3.86. The Morgan fingerprint density at radius 3 is 2.65 bits per heavy atom. The molecule has 0 aliphatic heterocycles. The topological polar surface area (TPSA) is 12.0 Å². The monoisotopic (exact) mass is 233 g/mol. The molecule has 2 fully saturated rings. The molecule has 4 atom stereocenters. The van der Waals surface area contributed by atoms with E-state index in [0.717, 1.165) is 23.8 Å². The minimum atomic E-state index is 0.705.